The highest BCUT2D eigenvalue weighted by molar-refractivity contribution is 5.70. The average Bonchev–Trinajstić information content (AvgIpc) is 3.07. The van der Waals surface area contributed by atoms with Crippen molar-refractivity contribution in [2.24, 2.45) is 0 Å². The summed E-state index contributed by atoms with van der Waals surface area (Å²) in [6.07, 6.45) is -0.0628. The van der Waals surface area contributed by atoms with E-state index in [0.29, 0.717) is 26.1 Å². The Balaban J connectivity index is 2.14. The molecule has 7 heteroatoms. The highest BCUT2D eigenvalue weighted by Crippen LogP contribution is 2.24. The van der Waals surface area contributed by atoms with E-state index in [-0.39, 0.29) is 18.2 Å². The normalized spacial score (nSPS) is 17.1. The number of rotatable bonds is 4. The van der Waals surface area contributed by atoms with Gasteiger partial charge in [0.25, 0.3) is 0 Å². The Kier molecular flexibility index (Phi) is 7.03. The van der Waals surface area contributed by atoms with Crippen LogP contribution in [0.1, 0.15) is 53.5 Å². The van der Waals surface area contributed by atoms with Crippen molar-refractivity contribution in [1.82, 2.24) is 9.80 Å². The second-order valence-electron chi connectivity index (χ2n) is 9.33. The molecule has 29 heavy (non-hydrogen) atoms. The van der Waals surface area contributed by atoms with Crippen molar-refractivity contribution in [2.75, 3.05) is 20.2 Å². The van der Waals surface area contributed by atoms with Crippen LogP contribution >= 0.6 is 0 Å². The molecule has 7 nitrogen and oxygen atoms in total. The summed E-state index contributed by atoms with van der Waals surface area (Å²) in [6.45, 7) is 12.4. The molecule has 1 aromatic carbocycles. The Bertz CT molecular complexity index is 703. The van der Waals surface area contributed by atoms with Gasteiger partial charge in [0.15, 0.2) is 0 Å². The first-order valence-electron chi connectivity index (χ1n) is 9.98. The Morgan fingerprint density at radius 2 is 1.62 bits per heavy atom. The van der Waals surface area contributed by atoms with E-state index in [1.54, 1.807) is 16.9 Å². The molecule has 1 aliphatic rings. The molecule has 2 amide bonds. The number of hydrogen-bond donors (Lipinski definition) is 0. The van der Waals surface area contributed by atoms with Gasteiger partial charge in [-0.2, -0.15) is 0 Å². The molecule has 1 aromatic rings. The quantitative estimate of drug-likeness (QED) is 0.739. The van der Waals surface area contributed by atoms with Gasteiger partial charge in [-0.25, -0.2) is 9.59 Å². The van der Waals surface area contributed by atoms with E-state index in [2.05, 4.69) is 0 Å². The lowest BCUT2D eigenvalue weighted by Crippen LogP contribution is -2.45. The minimum absolute atomic E-state index is 0.139. The molecule has 1 unspecified atom stereocenters. The van der Waals surface area contributed by atoms with Crippen LogP contribution in [0.2, 0.25) is 0 Å². The van der Waals surface area contributed by atoms with Crippen molar-refractivity contribution < 1.29 is 23.8 Å². The molecule has 1 fully saturated rings. The van der Waals surface area contributed by atoms with Gasteiger partial charge in [0.05, 0.1) is 13.2 Å². The van der Waals surface area contributed by atoms with Crippen molar-refractivity contribution >= 4 is 12.2 Å². The fourth-order valence-electron chi connectivity index (χ4n) is 3.08. The summed E-state index contributed by atoms with van der Waals surface area (Å²) in [5.41, 5.74) is -0.186. The summed E-state index contributed by atoms with van der Waals surface area (Å²) < 4.78 is 16.3. The molecule has 0 aromatic heterocycles. The largest absolute Gasteiger partial charge is 0.497 e. The van der Waals surface area contributed by atoms with Gasteiger partial charge in [-0.15, -0.1) is 0 Å². The topological polar surface area (TPSA) is 68.3 Å². The smallest absolute Gasteiger partial charge is 0.410 e. The highest BCUT2D eigenvalue weighted by Gasteiger charge is 2.36. The molecule has 0 N–H and O–H groups in total. The fourth-order valence-corrected chi connectivity index (χ4v) is 3.08. The molecular weight excluding hydrogens is 372 g/mol. The van der Waals surface area contributed by atoms with E-state index >= 15 is 0 Å². The summed E-state index contributed by atoms with van der Waals surface area (Å²) in [5.74, 6) is 0.759. The Morgan fingerprint density at radius 3 is 2.14 bits per heavy atom. The fraction of sp³-hybridized carbons (Fsp3) is 0.636. The minimum Gasteiger partial charge on any atom is -0.497 e. The Labute approximate surface area is 173 Å². The van der Waals surface area contributed by atoms with Crippen LogP contribution < -0.4 is 4.74 Å². The lowest BCUT2D eigenvalue weighted by Gasteiger charge is -2.32. The predicted octanol–water partition coefficient (Wildman–Crippen LogP) is 4.44. The van der Waals surface area contributed by atoms with Crippen molar-refractivity contribution in [3.05, 3.63) is 29.8 Å². The maximum atomic E-state index is 12.9. The minimum atomic E-state index is -0.599. The van der Waals surface area contributed by atoms with Gasteiger partial charge in [0.1, 0.15) is 17.0 Å². The van der Waals surface area contributed by atoms with Gasteiger partial charge in [-0.3, -0.25) is 4.90 Å². The number of nitrogens with zero attached hydrogens (tertiary/aromatic N) is 2. The molecule has 1 saturated heterocycles. The van der Waals surface area contributed by atoms with Crippen LogP contribution in [0.15, 0.2) is 24.3 Å². The first kappa shape index (κ1) is 22.8. The molecule has 0 radical (unpaired) electrons. The first-order valence-corrected chi connectivity index (χ1v) is 9.98. The van der Waals surface area contributed by atoms with Crippen LogP contribution in [0.5, 0.6) is 5.75 Å². The Hall–Kier alpha value is -2.44. The molecule has 162 valence electrons. The monoisotopic (exact) mass is 406 g/mol. The Morgan fingerprint density at radius 1 is 1.03 bits per heavy atom. The number of benzene rings is 1. The second-order valence-corrected chi connectivity index (χ2v) is 9.33. The number of carbonyl (C=O) groups is 2. The van der Waals surface area contributed by atoms with Crippen LogP contribution in [0.4, 0.5) is 9.59 Å². The maximum absolute atomic E-state index is 12.9. The van der Waals surface area contributed by atoms with E-state index in [9.17, 15) is 9.59 Å². The SMILES string of the molecule is COc1ccc(CN(C(=O)OC(C)(C)C)C2CCN(C(=O)OC(C)(C)C)C2)cc1. The first-order chi connectivity index (χ1) is 13.4. The van der Waals surface area contributed by atoms with Crippen LogP contribution in [-0.2, 0) is 16.0 Å². The molecular formula is C22H34N2O5. The summed E-state index contributed by atoms with van der Waals surface area (Å²) in [5, 5.41) is 0. The van der Waals surface area contributed by atoms with Crippen molar-refractivity contribution in [2.45, 2.75) is 71.8 Å². The van der Waals surface area contributed by atoms with E-state index < -0.39 is 11.2 Å². The van der Waals surface area contributed by atoms with E-state index in [4.69, 9.17) is 14.2 Å². The maximum Gasteiger partial charge on any atom is 0.410 e. The average molecular weight is 407 g/mol. The summed E-state index contributed by atoms with van der Waals surface area (Å²) >= 11 is 0. The molecule has 2 rings (SSSR count). The molecule has 0 saturated carbocycles. The number of hydrogen-bond acceptors (Lipinski definition) is 5. The third-order valence-electron chi connectivity index (χ3n) is 4.40. The van der Waals surface area contributed by atoms with Crippen molar-refractivity contribution in [3.63, 3.8) is 0 Å². The second kappa shape index (κ2) is 8.93. The lowest BCUT2D eigenvalue weighted by atomic mass is 10.1. The van der Waals surface area contributed by atoms with Gasteiger partial charge < -0.3 is 19.1 Å². The summed E-state index contributed by atoms with van der Waals surface area (Å²) in [7, 11) is 1.62. The van der Waals surface area contributed by atoms with E-state index in [1.165, 1.54) is 0 Å². The van der Waals surface area contributed by atoms with Gasteiger partial charge in [0.2, 0.25) is 0 Å². The standard InChI is InChI=1S/C22H34N2O5/c1-21(2,3)28-19(25)23-13-12-17(15-23)24(20(26)29-22(4,5)6)14-16-8-10-18(27-7)11-9-16/h8-11,17H,12-15H2,1-7H3. The van der Waals surface area contributed by atoms with E-state index in [1.807, 2.05) is 65.8 Å². The predicted molar refractivity (Wildman–Crippen MR) is 111 cm³/mol. The van der Waals surface area contributed by atoms with Crippen LogP contribution in [0, 0.1) is 0 Å². The third kappa shape index (κ3) is 7.15. The number of ether oxygens (including phenoxy) is 3. The zero-order chi connectivity index (χ0) is 21.8. The lowest BCUT2D eigenvalue weighted by molar-refractivity contribution is 0.0114. The summed E-state index contributed by atoms with van der Waals surface area (Å²) in [6, 6.07) is 7.45. The van der Waals surface area contributed by atoms with Crippen molar-refractivity contribution in [1.29, 1.82) is 0 Å². The van der Waals surface area contributed by atoms with Crippen LogP contribution in [0.25, 0.3) is 0 Å². The molecule has 1 heterocycles. The highest BCUT2D eigenvalue weighted by atomic mass is 16.6. The number of methoxy groups -OCH3 is 1. The van der Waals surface area contributed by atoms with Gasteiger partial charge in [-0.1, -0.05) is 12.1 Å². The zero-order valence-corrected chi connectivity index (χ0v) is 18.7. The van der Waals surface area contributed by atoms with Crippen LogP contribution in [0.3, 0.4) is 0 Å². The number of amides is 2. The molecule has 0 aliphatic carbocycles. The molecule has 1 aliphatic heterocycles. The number of carbonyl (C=O) groups excluding carboxylic acids is 2. The van der Waals surface area contributed by atoms with Crippen LogP contribution in [-0.4, -0.2) is 59.4 Å². The van der Waals surface area contributed by atoms with Crippen molar-refractivity contribution in [3.8, 4) is 5.75 Å². The molecule has 0 spiro atoms. The van der Waals surface area contributed by atoms with Gasteiger partial charge in [-0.05, 0) is 65.7 Å². The molecule has 0 bridgehead atoms. The number of likely N-dealkylation sites (tertiary alicyclic amines) is 1. The summed E-state index contributed by atoms with van der Waals surface area (Å²) in [4.78, 5) is 28.7. The van der Waals surface area contributed by atoms with Gasteiger partial charge in [0, 0.05) is 19.6 Å². The van der Waals surface area contributed by atoms with E-state index in [0.717, 1.165) is 11.3 Å². The zero-order valence-electron chi connectivity index (χ0n) is 18.7. The third-order valence-corrected chi connectivity index (χ3v) is 4.40. The van der Waals surface area contributed by atoms with Gasteiger partial charge >= 0.3 is 12.2 Å². The molecule has 1 atom stereocenters.